The number of hydrogen-bond donors (Lipinski definition) is 0. The van der Waals surface area contributed by atoms with E-state index in [2.05, 4.69) is 4.74 Å². The second-order valence-corrected chi connectivity index (χ2v) is 8.63. The van der Waals surface area contributed by atoms with Crippen molar-refractivity contribution in [1.29, 1.82) is 0 Å². The molecule has 10 heteroatoms. The van der Waals surface area contributed by atoms with E-state index in [4.69, 9.17) is 27.9 Å². The second-order valence-electron chi connectivity index (χ2n) is 7.81. The van der Waals surface area contributed by atoms with Crippen molar-refractivity contribution in [2.75, 3.05) is 0 Å². The van der Waals surface area contributed by atoms with Crippen LogP contribution in [0, 0.1) is 13.8 Å². The molecule has 0 aliphatic carbocycles. The lowest BCUT2D eigenvalue weighted by Gasteiger charge is -2.15. The maximum Gasteiger partial charge on any atom is 0.573 e. The second kappa shape index (κ2) is 9.71. The van der Waals surface area contributed by atoms with Gasteiger partial charge in [-0.1, -0.05) is 35.3 Å². The van der Waals surface area contributed by atoms with Crippen molar-refractivity contribution >= 4 is 23.2 Å². The van der Waals surface area contributed by atoms with Gasteiger partial charge in [0, 0.05) is 23.1 Å². The minimum absolute atomic E-state index is 0.106. The lowest BCUT2D eigenvalue weighted by atomic mass is 10.2. The lowest BCUT2D eigenvalue weighted by Crippen LogP contribution is -2.19. The minimum atomic E-state index is -4.77. The molecule has 0 fully saturated rings. The lowest BCUT2D eigenvalue weighted by molar-refractivity contribution is -0.274. The van der Waals surface area contributed by atoms with Gasteiger partial charge < -0.3 is 18.6 Å². The molecule has 0 aliphatic heterocycles. The third-order valence-corrected chi connectivity index (χ3v) is 5.76. The quantitative estimate of drug-likeness (QED) is 0.267. The highest BCUT2D eigenvalue weighted by atomic mass is 35.5. The molecule has 35 heavy (non-hydrogen) atoms. The smallest absolute Gasteiger partial charge is 0.453 e. The maximum atomic E-state index is 12.3. The van der Waals surface area contributed by atoms with Crippen molar-refractivity contribution in [3.05, 3.63) is 104 Å². The molecule has 2 aromatic heterocycles. The summed E-state index contributed by atoms with van der Waals surface area (Å²) in [5.41, 5.74) is 3.10. The van der Waals surface area contributed by atoms with E-state index in [-0.39, 0.29) is 33.6 Å². The summed E-state index contributed by atoms with van der Waals surface area (Å²) < 4.78 is 50.2. The number of rotatable bonds is 6. The molecule has 0 amide bonds. The van der Waals surface area contributed by atoms with Crippen LogP contribution >= 0.6 is 23.2 Å². The Bertz CT molecular complexity index is 1380. The fourth-order valence-electron chi connectivity index (χ4n) is 3.65. The van der Waals surface area contributed by atoms with Crippen LogP contribution < -0.4 is 15.0 Å². The van der Waals surface area contributed by atoms with Gasteiger partial charge >= 0.3 is 6.36 Å². The molecule has 0 N–H and O–H groups in total. The number of ether oxygens (including phenoxy) is 2. The Morgan fingerprint density at radius 1 is 0.857 bits per heavy atom. The molecule has 0 spiro atoms. The number of hydrogen-bond acceptors (Lipinski definition) is 3. The molecule has 4 aromatic rings. The third-order valence-electron chi connectivity index (χ3n) is 5.20. The summed E-state index contributed by atoms with van der Waals surface area (Å²) in [4.78, 5) is 12.3. The van der Waals surface area contributed by atoms with Gasteiger partial charge in [-0.3, -0.25) is 4.79 Å². The largest absolute Gasteiger partial charge is 0.573 e. The van der Waals surface area contributed by atoms with Gasteiger partial charge in [-0.2, -0.15) is 0 Å². The molecule has 0 saturated heterocycles. The van der Waals surface area contributed by atoms with Crippen molar-refractivity contribution in [3.63, 3.8) is 0 Å². The molecule has 0 aliphatic rings. The summed E-state index contributed by atoms with van der Waals surface area (Å²) in [5.74, 6) is 0.202. The molecule has 2 aromatic carbocycles. The van der Waals surface area contributed by atoms with Crippen LogP contribution in [0.25, 0.3) is 5.69 Å². The molecule has 2 heterocycles. The van der Waals surface area contributed by atoms with Crippen molar-refractivity contribution in [2.45, 2.75) is 26.8 Å². The van der Waals surface area contributed by atoms with Gasteiger partial charge in [-0.05, 0) is 61.9 Å². The monoisotopic (exact) mass is 522 g/mol. The summed E-state index contributed by atoms with van der Waals surface area (Å²) in [7, 11) is 0. The van der Waals surface area contributed by atoms with Crippen LogP contribution in [0.4, 0.5) is 13.2 Å². The van der Waals surface area contributed by atoms with Gasteiger partial charge in [0.2, 0.25) is 0 Å². The molecule has 5 nitrogen and oxygen atoms in total. The average molecular weight is 523 g/mol. The average Bonchev–Trinajstić information content (AvgIpc) is 3.11. The Morgan fingerprint density at radius 2 is 1.43 bits per heavy atom. The summed E-state index contributed by atoms with van der Waals surface area (Å²) in [6.07, 6.45) is -3.30. The Kier molecular flexibility index (Phi) is 6.87. The molecule has 0 unspecified atom stereocenters. The fourth-order valence-corrected chi connectivity index (χ4v) is 4.21. The van der Waals surface area contributed by atoms with Crippen LogP contribution in [0.15, 0.2) is 71.7 Å². The van der Waals surface area contributed by atoms with Crippen LogP contribution in [0.5, 0.6) is 17.2 Å². The minimum Gasteiger partial charge on any atom is -0.453 e. The van der Waals surface area contributed by atoms with E-state index in [9.17, 15) is 18.0 Å². The van der Waals surface area contributed by atoms with E-state index in [1.807, 2.05) is 30.5 Å². The SMILES string of the molecule is Cc1ccc(C)n1-c1cc(Cl)c(Oc2ccc(=O)n(Cc3ccc(OC(F)(F)F)cc3)c2)c(Cl)c1. The Hall–Kier alpha value is -3.36. The number of nitrogens with zero attached hydrogens (tertiary/aromatic N) is 2. The molecule has 0 radical (unpaired) electrons. The highest BCUT2D eigenvalue weighted by molar-refractivity contribution is 6.37. The number of aromatic nitrogens is 2. The van der Waals surface area contributed by atoms with E-state index < -0.39 is 6.36 Å². The van der Waals surface area contributed by atoms with Gasteiger partial charge in [0.25, 0.3) is 5.56 Å². The van der Waals surface area contributed by atoms with Gasteiger partial charge in [0.15, 0.2) is 5.75 Å². The van der Waals surface area contributed by atoms with E-state index in [0.29, 0.717) is 11.3 Å². The zero-order valence-corrected chi connectivity index (χ0v) is 20.1. The molecule has 182 valence electrons. The first-order valence-electron chi connectivity index (χ1n) is 10.4. The molecular weight excluding hydrogens is 504 g/mol. The van der Waals surface area contributed by atoms with Crippen LogP contribution in [-0.2, 0) is 6.54 Å². The molecule has 4 rings (SSSR count). The number of aryl methyl sites for hydroxylation is 2. The van der Waals surface area contributed by atoms with Crippen LogP contribution in [-0.4, -0.2) is 15.5 Å². The predicted molar refractivity (Wildman–Crippen MR) is 128 cm³/mol. The van der Waals surface area contributed by atoms with Crippen molar-refractivity contribution in [3.8, 4) is 22.9 Å². The predicted octanol–water partition coefficient (Wildman–Crippen LogP) is 7.30. The van der Waals surface area contributed by atoms with E-state index >= 15 is 0 Å². The van der Waals surface area contributed by atoms with Crippen molar-refractivity contribution in [2.24, 2.45) is 0 Å². The topological polar surface area (TPSA) is 45.4 Å². The molecule has 0 atom stereocenters. The van der Waals surface area contributed by atoms with Crippen LogP contribution in [0.3, 0.4) is 0 Å². The first kappa shape index (κ1) is 24.8. The van der Waals surface area contributed by atoms with Gasteiger partial charge in [-0.15, -0.1) is 13.2 Å². The first-order chi connectivity index (χ1) is 16.5. The van der Waals surface area contributed by atoms with Crippen molar-refractivity contribution in [1.82, 2.24) is 9.13 Å². The number of halogens is 5. The standard InChI is InChI=1S/C25H19Cl2F3N2O3/c1-15-3-4-16(2)32(15)18-11-21(26)24(22(27)12-18)34-20-9-10-23(33)31(14-20)13-17-5-7-19(8-6-17)35-25(28,29)30/h3-12,14H,13H2,1-2H3. The van der Waals surface area contributed by atoms with Crippen LogP contribution in [0.2, 0.25) is 10.0 Å². The number of benzene rings is 2. The highest BCUT2D eigenvalue weighted by Crippen LogP contribution is 2.38. The Morgan fingerprint density at radius 3 is 2.00 bits per heavy atom. The summed E-state index contributed by atoms with van der Waals surface area (Å²) in [6.45, 7) is 4.05. The van der Waals surface area contributed by atoms with Crippen LogP contribution in [0.1, 0.15) is 17.0 Å². The van der Waals surface area contributed by atoms with E-state index in [1.165, 1.54) is 47.2 Å². The highest BCUT2D eigenvalue weighted by Gasteiger charge is 2.30. The third kappa shape index (κ3) is 5.83. The van der Waals surface area contributed by atoms with Gasteiger partial charge in [0.05, 0.1) is 22.8 Å². The Labute approximate surface area is 208 Å². The summed E-state index contributed by atoms with van der Waals surface area (Å²) in [6, 6.07) is 15.5. The van der Waals surface area contributed by atoms with Crippen molar-refractivity contribution < 1.29 is 22.6 Å². The van der Waals surface area contributed by atoms with Gasteiger partial charge in [-0.25, -0.2) is 0 Å². The normalized spacial score (nSPS) is 11.5. The molecule has 0 bridgehead atoms. The first-order valence-corrected chi connectivity index (χ1v) is 11.1. The molecular formula is C25H19Cl2F3N2O3. The Balaban J connectivity index is 1.56. The maximum absolute atomic E-state index is 12.3. The van der Waals surface area contributed by atoms with Gasteiger partial charge in [0.1, 0.15) is 11.5 Å². The zero-order chi connectivity index (χ0) is 25.3. The summed E-state index contributed by atoms with van der Waals surface area (Å²) >= 11 is 13.0. The van der Waals surface area contributed by atoms with E-state index in [1.54, 1.807) is 12.1 Å². The van der Waals surface area contributed by atoms with E-state index in [0.717, 1.165) is 17.1 Å². The number of pyridine rings is 1. The molecule has 0 saturated carbocycles. The summed E-state index contributed by atoms with van der Waals surface area (Å²) in [5, 5.41) is 0.580. The zero-order valence-electron chi connectivity index (χ0n) is 18.6. The fraction of sp³-hybridized carbons (Fsp3) is 0.160. The number of alkyl halides is 3.